The van der Waals surface area contributed by atoms with Gasteiger partial charge in [0.25, 0.3) is 0 Å². The van der Waals surface area contributed by atoms with Crippen molar-refractivity contribution < 1.29 is 4.79 Å². The standard InChI is InChI=1S/C12H17BrN4O/c1-2-3-4-8-7-9(13)5-6-10(8)16-12(18)17-11(14)15/h5-7H,2-4H2,1H3,(H5,14,15,16,17,18). The number of halogens is 1. The topological polar surface area (TPSA) is 93.5 Å². The first kappa shape index (κ1) is 14.5. The lowest BCUT2D eigenvalue weighted by Gasteiger charge is -2.10. The maximum absolute atomic E-state index is 11.5. The summed E-state index contributed by atoms with van der Waals surface area (Å²) in [6.07, 6.45) is 3.04. The number of guanidine groups is 1. The minimum Gasteiger partial charge on any atom is -0.370 e. The van der Waals surface area contributed by atoms with Gasteiger partial charge in [0.2, 0.25) is 0 Å². The zero-order valence-corrected chi connectivity index (χ0v) is 11.8. The molecule has 2 amide bonds. The highest BCUT2D eigenvalue weighted by molar-refractivity contribution is 9.10. The van der Waals surface area contributed by atoms with Crippen LogP contribution in [0.2, 0.25) is 0 Å². The molecule has 0 fully saturated rings. The number of amides is 2. The third kappa shape index (κ3) is 4.75. The second-order valence-corrected chi connectivity index (χ2v) is 4.79. The summed E-state index contributed by atoms with van der Waals surface area (Å²) in [7, 11) is 0. The van der Waals surface area contributed by atoms with Gasteiger partial charge in [0.15, 0.2) is 5.96 Å². The van der Waals surface area contributed by atoms with E-state index in [0.717, 1.165) is 35.0 Å². The van der Waals surface area contributed by atoms with Gasteiger partial charge in [-0.1, -0.05) is 29.3 Å². The van der Waals surface area contributed by atoms with Crippen LogP contribution in [-0.4, -0.2) is 12.0 Å². The summed E-state index contributed by atoms with van der Waals surface area (Å²) in [5.74, 6) is -0.250. The van der Waals surface area contributed by atoms with Gasteiger partial charge in [-0.05, 0) is 36.6 Å². The number of nitrogens with two attached hydrogens (primary N) is 2. The van der Waals surface area contributed by atoms with Gasteiger partial charge in [-0.15, -0.1) is 0 Å². The van der Waals surface area contributed by atoms with Crippen molar-refractivity contribution in [2.45, 2.75) is 26.2 Å². The smallest absolute Gasteiger partial charge is 0.348 e. The van der Waals surface area contributed by atoms with E-state index in [0.29, 0.717) is 0 Å². The largest absolute Gasteiger partial charge is 0.370 e. The predicted octanol–water partition coefficient (Wildman–Crippen LogP) is 2.60. The number of benzene rings is 1. The first-order chi connectivity index (χ1) is 8.52. The van der Waals surface area contributed by atoms with Gasteiger partial charge in [-0.25, -0.2) is 4.79 Å². The van der Waals surface area contributed by atoms with Crippen molar-refractivity contribution >= 4 is 33.6 Å². The molecule has 0 radical (unpaired) electrons. The van der Waals surface area contributed by atoms with Crippen molar-refractivity contribution in [3.05, 3.63) is 28.2 Å². The molecular formula is C12H17BrN4O. The van der Waals surface area contributed by atoms with Crippen LogP contribution in [-0.2, 0) is 6.42 Å². The van der Waals surface area contributed by atoms with Gasteiger partial charge in [0.05, 0.1) is 0 Å². The van der Waals surface area contributed by atoms with E-state index in [1.165, 1.54) is 0 Å². The Bertz CT molecular complexity index is 455. The van der Waals surface area contributed by atoms with E-state index in [2.05, 4.69) is 33.2 Å². The molecule has 6 heteroatoms. The van der Waals surface area contributed by atoms with Crippen molar-refractivity contribution in [2.24, 2.45) is 16.5 Å². The minimum atomic E-state index is -0.560. The van der Waals surface area contributed by atoms with E-state index in [9.17, 15) is 4.79 Å². The van der Waals surface area contributed by atoms with E-state index < -0.39 is 6.03 Å². The van der Waals surface area contributed by atoms with Crippen molar-refractivity contribution in [1.29, 1.82) is 0 Å². The molecule has 1 rings (SSSR count). The van der Waals surface area contributed by atoms with Crippen molar-refractivity contribution in [2.75, 3.05) is 5.32 Å². The number of unbranched alkanes of at least 4 members (excludes halogenated alkanes) is 1. The van der Waals surface area contributed by atoms with E-state index in [1.807, 2.05) is 18.2 Å². The lowest BCUT2D eigenvalue weighted by Crippen LogP contribution is -2.25. The monoisotopic (exact) mass is 312 g/mol. The van der Waals surface area contributed by atoms with Gasteiger partial charge >= 0.3 is 6.03 Å². The Kier molecular flexibility index (Phi) is 5.64. The van der Waals surface area contributed by atoms with E-state index in [1.54, 1.807) is 0 Å². The Hall–Kier alpha value is -1.56. The second-order valence-electron chi connectivity index (χ2n) is 3.87. The van der Waals surface area contributed by atoms with Crippen LogP contribution < -0.4 is 16.8 Å². The molecule has 1 aromatic carbocycles. The number of rotatable bonds is 4. The first-order valence-electron chi connectivity index (χ1n) is 5.72. The lowest BCUT2D eigenvalue weighted by molar-refractivity contribution is 0.259. The zero-order valence-electron chi connectivity index (χ0n) is 10.2. The fourth-order valence-corrected chi connectivity index (χ4v) is 1.93. The summed E-state index contributed by atoms with van der Waals surface area (Å²) < 4.78 is 0.980. The van der Waals surface area contributed by atoms with Crippen LogP contribution in [0.25, 0.3) is 0 Å². The summed E-state index contributed by atoms with van der Waals surface area (Å²) in [5.41, 5.74) is 12.1. The molecule has 0 atom stereocenters. The molecule has 1 aromatic rings. The second kappa shape index (κ2) is 7.00. The number of hydrogen-bond donors (Lipinski definition) is 3. The quantitative estimate of drug-likeness (QED) is 0.589. The van der Waals surface area contributed by atoms with Crippen LogP contribution in [0.4, 0.5) is 10.5 Å². The maximum Gasteiger partial charge on any atom is 0.348 e. The van der Waals surface area contributed by atoms with E-state index >= 15 is 0 Å². The van der Waals surface area contributed by atoms with Gasteiger partial charge in [-0.2, -0.15) is 4.99 Å². The number of urea groups is 1. The van der Waals surface area contributed by atoms with Gasteiger partial charge < -0.3 is 16.8 Å². The highest BCUT2D eigenvalue weighted by Gasteiger charge is 2.06. The fraction of sp³-hybridized carbons (Fsp3) is 0.333. The first-order valence-corrected chi connectivity index (χ1v) is 6.51. The van der Waals surface area contributed by atoms with Crippen molar-refractivity contribution in [3.8, 4) is 0 Å². The summed E-state index contributed by atoms with van der Waals surface area (Å²) >= 11 is 3.41. The number of carbonyl (C=O) groups excluding carboxylic acids is 1. The fourth-order valence-electron chi connectivity index (χ4n) is 1.52. The molecule has 0 aliphatic heterocycles. The molecule has 0 spiro atoms. The van der Waals surface area contributed by atoms with Crippen molar-refractivity contribution in [1.82, 2.24) is 0 Å². The molecule has 5 N–H and O–H groups in total. The lowest BCUT2D eigenvalue weighted by atomic mass is 10.1. The van der Waals surface area contributed by atoms with Crippen LogP contribution >= 0.6 is 15.9 Å². The van der Waals surface area contributed by atoms with Crippen molar-refractivity contribution in [3.63, 3.8) is 0 Å². The number of nitrogens with one attached hydrogen (secondary N) is 1. The summed E-state index contributed by atoms with van der Waals surface area (Å²) in [6.45, 7) is 2.12. The predicted molar refractivity (Wildman–Crippen MR) is 77.6 cm³/mol. The molecular weight excluding hydrogens is 296 g/mol. The van der Waals surface area contributed by atoms with E-state index in [-0.39, 0.29) is 5.96 Å². The molecule has 0 saturated heterocycles. The highest BCUT2D eigenvalue weighted by atomic mass is 79.9. The molecule has 0 bridgehead atoms. The van der Waals surface area contributed by atoms with Crippen LogP contribution in [0.3, 0.4) is 0 Å². The van der Waals surface area contributed by atoms with Gasteiger partial charge in [-0.3, -0.25) is 0 Å². The number of hydrogen-bond acceptors (Lipinski definition) is 1. The molecule has 18 heavy (non-hydrogen) atoms. The number of nitrogens with zero attached hydrogens (tertiary/aromatic N) is 1. The number of aryl methyl sites for hydroxylation is 1. The highest BCUT2D eigenvalue weighted by Crippen LogP contribution is 2.23. The van der Waals surface area contributed by atoms with Crippen LogP contribution in [0.5, 0.6) is 0 Å². The molecule has 0 saturated carbocycles. The summed E-state index contributed by atoms with van der Waals surface area (Å²) in [4.78, 5) is 14.9. The van der Waals surface area contributed by atoms with Gasteiger partial charge in [0, 0.05) is 10.2 Å². The molecule has 0 heterocycles. The number of aliphatic imine (C=N–C) groups is 1. The normalized spacial score (nSPS) is 9.89. The summed E-state index contributed by atoms with van der Waals surface area (Å²) in [5, 5.41) is 2.67. The molecule has 0 unspecified atom stereocenters. The number of anilines is 1. The average molecular weight is 313 g/mol. The molecule has 98 valence electrons. The zero-order chi connectivity index (χ0) is 13.5. The van der Waals surface area contributed by atoms with E-state index in [4.69, 9.17) is 11.5 Å². The Morgan fingerprint density at radius 1 is 1.44 bits per heavy atom. The third-order valence-electron chi connectivity index (χ3n) is 2.34. The Labute approximate surface area is 115 Å². The molecule has 0 aliphatic carbocycles. The van der Waals surface area contributed by atoms with Crippen LogP contribution in [0, 0.1) is 0 Å². The minimum absolute atomic E-state index is 0.250. The van der Waals surface area contributed by atoms with Crippen LogP contribution in [0.1, 0.15) is 25.3 Å². The van der Waals surface area contributed by atoms with Crippen LogP contribution in [0.15, 0.2) is 27.7 Å². The maximum atomic E-state index is 11.5. The third-order valence-corrected chi connectivity index (χ3v) is 2.83. The Morgan fingerprint density at radius 3 is 2.78 bits per heavy atom. The molecule has 0 aromatic heterocycles. The Morgan fingerprint density at radius 2 is 2.17 bits per heavy atom. The molecule has 0 aliphatic rings. The average Bonchev–Trinajstić information content (AvgIpc) is 2.28. The summed E-state index contributed by atoms with van der Waals surface area (Å²) in [6, 6.07) is 5.12. The number of carbonyl (C=O) groups is 1. The molecule has 5 nitrogen and oxygen atoms in total. The van der Waals surface area contributed by atoms with Gasteiger partial charge in [0.1, 0.15) is 0 Å². The SMILES string of the molecule is CCCCc1cc(Br)ccc1NC(=O)N=C(N)N. The Balaban J connectivity index is 2.86.